The molecule has 0 unspecified atom stereocenters. The number of hydrogen-bond donors (Lipinski definition) is 4. The van der Waals surface area contributed by atoms with Gasteiger partial charge in [0.1, 0.15) is 0 Å². The number of hydrogen-bond acceptors (Lipinski definition) is 6. The smallest absolute Gasteiger partial charge is 0.201 e. The first kappa shape index (κ1) is 26.1. The van der Waals surface area contributed by atoms with Crippen molar-refractivity contribution in [1.29, 1.82) is 0 Å². The Labute approximate surface area is 228 Å². The number of aromatic nitrogens is 1. The van der Waals surface area contributed by atoms with Crippen LogP contribution in [0.5, 0.6) is 11.8 Å². The summed E-state index contributed by atoms with van der Waals surface area (Å²) in [5, 5.41) is 33.7. The van der Waals surface area contributed by atoms with E-state index in [0.29, 0.717) is 43.5 Å². The molecule has 0 aliphatic heterocycles. The summed E-state index contributed by atoms with van der Waals surface area (Å²) >= 11 is 0. The fourth-order valence-electron chi connectivity index (χ4n) is 4.88. The van der Waals surface area contributed by atoms with E-state index in [2.05, 4.69) is 17.6 Å². The van der Waals surface area contributed by atoms with Gasteiger partial charge in [-0.2, -0.15) is 0 Å². The fraction of sp³-hybridized carbons (Fsp3) is 0.250. The maximum absolute atomic E-state index is 11.2. The molecule has 0 fully saturated rings. The second-order valence-corrected chi connectivity index (χ2v) is 9.52. The van der Waals surface area contributed by atoms with Gasteiger partial charge in [-0.15, -0.1) is 0 Å². The van der Waals surface area contributed by atoms with Gasteiger partial charge in [0.05, 0.1) is 23.8 Å². The fourth-order valence-corrected chi connectivity index (χ4v) is 4.88. The van der Waals surface area contributed by atoms with E-state index in [-0.39, 0.29) is 11.8 Å². The zero-order valence-electron chi connectivity index (χ0n) is 22.3. The predicted molar refractivity (Wildman–Crippen MR) is 160 cm³/mol. The number of para-hydroxylation sites is 2. The number of pyridine rings is 1. The summed E-state index contributed by atoms with van der Waals surface area (Å²) in [4.78, 5) is 9.82. The van der Waals surface area contributed by atoms with Gasteiger partial charge < -0.3 is 20.8 Å². The Morgan fingerprint density at radius 2 is 1.13 bits per heavy atom. The molecule has 7 heteroatoms. The van der Waals surface area contributed by atoms with Crippen molar-refractivity contribution in [2.75, 3.05) is 36.8 Å². The standard InChI is InChI=1S/C32H35N5O2/c1-2-3-22-37-31(38)25-14-16-27(35-20-18-33-23-10-6-4-7-11-23)30-28(17-15-26(29(25)30)32(37)39)36-21-19-34-24-12-8-5-9-13-24/h4-17,33-34,38-39H,2-3,18-22H2,1H3. The van der Waals surface area contributed by atoms with Crippen LogP contribution in [0, 0.1) is 0 Å². The van der Waals surface area contributed by atoms with Crippen molar-refractivity contribution in [2.24, 2.45) is 9.98 Å². The number of nitrogens with zero attached hydrogens (tertiary/aromatic N) is 3. The first-order valence-electron chi connectivity index (χ1n) is 13.6. The number of aromatic hydroxyl groups is 2. The molecule has 0 saturated carbocycles. The van der Waals surface area contributed by atoms with E-state index in [1.165, 1.54) is 0 Å². The number of nitrogens with one attached hydrogen (secondary N) is 2. The largest absolute Gasteiger partial charge is 0.494 e. The summed E-state index contributed by atoms with van der Waals surface area (Å²) in [7, 11) is 0. The minimum atomic E-state index is 0.0682. The van der Waals surface area contributed by atoms with Gasteiger partial charge in [-0.05, 0) is 55.0 Å². The van der Waals surface area contributed by atoms with E-state index in [9.17, 15) is 10.2 Å². The van der Waals surface area contributed by atoms with Crippen molar-refractivity contribution in [3.8, 4) is 11.8 Å². The van der Waals surface area contributed by atoms with Gasteiger partial charge in [0.2, 0.25) is 11.8 Å². The zero-order valence-corrected chi connectivity index (χ0v) is 22.3. The molecule has 0 atom stereocenters. The maximum Gasteiger partial charge on any atom is 0.201 e. The summed E-state index contributed by atoms with van der Waals surface area (Å²) in [6, 6.07) is 27.8. The zero-order chi connectivity index (χ0) is 27.0. The second kappa shape index (κ2) is 12.3. The van der Waals surface area contributed by atoms with E-state index in [4.69, 9.17) is 9.98 Å². The SMILES string of the molecule is CCCCn1c(O)c2ccc(=NCCNc3ccccc3)c3c(=NCCNc4ccccc4)ccc(c1O)c23. The van der Waals surface area contributed by atoms with Crippen molar-refractivity contribution >= 4 is 32.9 Å². The van der Waals surface area contributed by atoms with Crippen LogP contribution in [-0.2, 0) is 6.54 Å². The van der Waals surface area contributed by atoms with E-state index < -0.39 is 0 Å². The van der Waals surface area contributed by atoms with Crippen LogP contribution in [-0.4, -0.2) is 41.0 Å². The molecule has 0 aliphatic rings. The Kier molecular flexibility index (Phi) is 8.26. The molecular weight excluding hydrogens is 486 g/mol. The normalized spacial score (nSPS) is 12.4. The molecule has 5 rings (SSSR count). The predicted octanol–water partition coefficient (Wildman–Crippen LogP) is 5.47. The highest BCUT2D eigenvalue weighted by Crippen LogP contribution is 2.37. The first-order chi connectivity index (χ1) is 19.2. The molecule has 1 heterocycles. The molecule has 0 aliphatic carbocycles. The molecule has 0 amide bonds. The summed E-state index contributed by atoms with van der Waals surface area (Å²) < 4.78 is 1.60. The molecule has 5 aromatic rings. The Bertz CT molecular complexity index is 1550. The second-order valence-electron chi connectivity index (χ2n) is 9.52. The number of benzene rings is 4. The molecule has 39 heavy (non-hydrogen) atoms. The quantitative estimate of drug-likeness (QED) is 0.173. The first-order valence-corrected chi connectivity index (χ1v) is 13.6. The van der Waals surface area contributed by atoms with Crippen LogP contribution in [0.2, 0.25) is 0 Å². The topological polar surface area (TPSA) is 94.2 Å². The van der Waals surface area contributed by atoms with Crippen LogP contribution in [0.15, 0.2) is 94.9 Å². The maximum atomic E-state index is 11.2. The monoisotopic (exact) mass is 521 g/mol. The van der Waals surface area contributed by atoms with Gasteiger partial charge in [-0.3, -0.25) is 14.6 Å². The lowest BCUT2D eigenvalue weighted by molar-refractivity contribution is 0.361. The van der Waals surface area contributed by atoms with Gasteiger partial charge in [0.15, 0.2) is 0 Å². The molecule has 200 valence electrons. The lowest BCUT2D eigenvalue weighted by Crippen LogP contribution is -2.19. The molecule has 4 aromatic carbocycles. The Hall–Kier alpha value is -4.52. The Balaban J connectivity index is 1.55. The highest BCUT2D eigenvalue weighted by molar-refractivity contribution is 6.13. The van der Waals surface area contributed by atoms with Gasteiger partial charge >= 0.3 is 0 Å². The summed E-state index contributed by atoms with van der Waals surface area (Å²) in [6.07, 6.45) is 1.82. The van der Waals surface area contributed by atoms with Crippen molar-refractivity contribution in [1.82, 2.24) is 4.57 Å². The Morgan fingerprint density at radius 3 is 1.59 bits per heavy atom. The summed E-state index contributed by atoms with van der Waals surface area (Å²) in [5.41, 5.74) is 2.11. The molecule has 0 bridgehead atoms. The van der Waals surface area contributed by atoms with Gasteiger partial charge in [0, 0.05) is 52.6 Å². The molecule has 1 aromatic heterocycles. The van der Waals surface area contributed by atoms with E-state index in [0.717, 1.165) is 45.7 Å². The third-order valence-electron chi connectivity index (χ3n) is 6.84. The van der Waals surface area contributed by atoms with Crippen LogP contribution in [0.25, 0.3) is 21.5 Å². The average molecular weight is 522 g/mol. The molecule has 4 N–H and O–H groups in total. The average Bonchev–Trinajstić information content (AvgIpc) is 2.98. The third kappa shape index (κ3) is 5.82. The molecule has 0 saturated heterocycles. The minimum absolute atomic E-state index is 0.0682. The summed E-state index contributed by atoms with van der Waals surface area (Å²) in [5.74, 6) is 0.136. The highest BCUT2D eigenvalue weighted by atomic mass is 16.3. The number of anilines is 2. The third-order valence-corrected chi connectivity index (χ3v) is 6.84. The van der Waals surface area contributed by atoms with Crippen LogP contribution in [0.3, 0.4) is 0 Å². The van der Waals surface area contributed by atoms with Crippen molar-refractivity contribution in [2.45, 2.75) is 26.3 Å². The summed E-state index contributed by atoms with van der Waals surface area (Å²) in [6.45, 7) is 5.13. The van der Waals surface area contributed by atoms with Crippen LogP contribution in [0.4, 0.5) is 11.4 Å². The lowest BCUT2D eigenvalue weighted by atomic mass is 10.0. The minimum Gasteiger partial charge on any atom is -0.494 e. The molecule has 0 spiro atoms. The van der Waals surface area contributed by atoms with E-state index >= 15 is 0 Å². The van der Waals surface area contributed by atoms with E-state index in [1.54, 1.807) is 4.57 Å². The van der Waals surface area contributed by atoms with Crippen LogP contribution >= 0.6 is 0 Å². The molecule has 0 radical (unpaired) electrons. The van der Waals surface area contributed by atoms with Gasteiger partial charge in [-0.25, -0.2) is 0 Å². The lowest BCUT2D eigenvalue weighted by Gasteiger charge is -2.17. The van der Waals surface area contributed by atoms with Crippen LogP contribution < -0.4 is 21.3 Å². The van der Waals surface area contributed by atoms with Crippen molar-refractivity contribution < 1.29 is 10.2 Å². The highest BCUT2D eigenvalue weighted by Gasteiger charge is 2.17. The van der Waals surface area contributed by atoms with Gasteiger partial charge in [-0.1, -0.05) is 49.7 Å². The molecule has 7 nitrogen and oxygen atoms in total. The van der Waals surface area contributed by atoms with Crippen molar-refractivity contribution in [3.05, 3.63) is 95.6 Å². The van der Waals surface area contributed by atoms with Gasteiger partial charge in [0.25, 0.3) is 0 Å². The van der Waals surface area contributed by atoms with E-state index in [1.807, 2.05) is 84.9 Å². The Morgan fingerprint density at radius 1 is 0.641 bits per heavy atom. The van der Waals surface area contributed by atoms with Crippen LogP contribution in [0.1, 0.15) is 19.8 Å². The number of rotatable bonds is 11. The van der Waals surface area contributed by atoms with Crippen molar-refractivity contribution in [3.63, 3.8) is 0 Å². The number of unbranched alkanes of at least 4 members (excludes halogenated alkanes) is 1. The molecular formula is C32H35N5O2.